The number of carboxylic acid groups (broad SMARTS) is 1. The summed E-state index contributed by atoms with van der Waals surface area (Å²) in [6.07, 6.45) is 2.66. The summed E-state index contributed by atoms with van der Waals surface area (Å²) in [5.41, 5.74) is 0.252. The number of amides is 1. The number of carboxylic acids is 1. The second-order valence-corrected chi connectivity index (χ2v) is 4.19. The lowest BCUT2D eigenvalue weighted by molar-refractivity contribution is -0.141. The minimum atomic E-state index is -0.976. The van der Waals surface area contributed by atoms with Gasteiger partial charge in [-0.3, -0.25) is 4.79 Å². The third kappa shape index (κ3) is 2.24. The lowest BCUT2D eigenvalue weighted by Crippen LogP contribution is -2.40. The third-order valence-corrected chi connectivity index (χ3v) is 3.09. The molecule has 17 heavy (non-hydrogen) atoms. The standard InChI is InChI=1S/C11H11ClN2O3/c12-9-7(3-1-5-13-9)10(15)14-6-2-4-8(14)11(16)17/h1,3,5,8H,2,4,6H2,(H,16,17)/t8-/m1/s1. The predicted molar refractivity (Wildman–Crippen MR) is 60.9 cm³/mol. The number of likely N-dealkylation sites (tertiary alicyclic amines) is 1. The average molecular weight is 255 g/mol. The van der Waals surface area contributed by atoms with Crippen LogP contribution >= 0.6 is 11.6 Å². The fourth-order valence-electron chi connectivity index (χ4n) is 1.97. The highest BCUT2D eigenvalue weighted by atomic mass is 35.5. The molecule has 0 aliphatic carbocycles. The summed E-state index contributed by atoms with van der Waals surface area (Å²) in [5.74, 6) is -1.34. The summed E-state index contributed by atoms with van der Waals surface area (Å²) >= 11 is 5.82. The molecule has 1 aliphatic rings. The second-order valence-electron chi connectivity index (χ2n) is 3.84. The molecule has 1 N–H and O–H groups in total. The van der Waals surface area contributed by atoms with Gasteiger partial charge in [0.1, 0.15) is 11.2 Å². The Morgan fingerprint density at radius 3 is 2.94 bits per heavy atom. The van der Waals surface area contributed by atoms with Crippen molar-refractivity contribution in [1.29, 1.82) is 0 Å². The van der Waals surface area contributed by atoms with Crippen LogP contribution in [-0.4, -0.2) is 39.5 Å². The fourth-order valence-corrected chi connectivity index (χ4v) is 2.17. The van der Waals surface area contributed by atoms with Crippen LogP contribution in [0.4, 0.5) is 0 Å². The van der Waals surface area contributed by atoms with Crippen LogP contribution in [-0.2, 0) is 4.79 Å². The van der Waals surface area contributed by atoms with E-state index in [9.17, 15) is 9.59 Å². The quantitative estimate of drug-likeness (QED) is 0.811. The van der Waals surface area contributed by atoms with Gasteiger partial charge in [0.25, 0.3) is 5.91 Å². The van der Waals surface area contributed by atoms with Crippen LogP contribution in [0.1, 0.15) is 23.2 Å². The van der Waals surface area contributed by atoms with E-state index in [0.717, 1.165) is 0 Å². The van der Waals surface area contributed by atoms with E-state index in [1.807, 2.05) is 0 Å². The normalized spacial score (nSPS) is 19.4. The van der Waals surface area contributed by atoms with Gasteiger partial charge in [-0.05, 0) is 25.0 Å². The molecule has 90 valence electrons. The maximum atomic E-state index is 12.1. The topological polar surface area (TPSA) is 70.5 Å². The number of carbonyl (C=O) groups excluding carboxylic acids is 1. The summed E-state index contributed by atoms with van der Waals surface area (Å²) in [5, 5.41) is 9.11. The smallest absolute Gasteiger partial charge is 0.326 e. The van der Waals surface area contributed by atoms with E-state index in [2.05, 4.69) is 4.98 Å². The van der Waals surface area contributed by atoms with E-state index < -0.39 is 12.0 Å². The number of rotatable bonds is 2. The molecule has 0 spiro atoms. The number of halogens is 1. The number of pyridine rings is 1. The average Bonchev–Trinajstić information content (AvgIpc) is 2.77. The van der Waals surface area contributed by atoms with E-state index in [1.165, 1.54) is 11.1 Å². The van der Waals surface area contributed by atoms with Crippen molar-refractivity contribution in [2.24, 2.45) is 0 Å². The molecule has 2 rings (SSSR count). The van der Waals surface area contributed by atoms with Crippen molar-refractivity contribution in [1.82, 2.24) is 9.88 Å². The van der Waals surface area contributed by atoms with Gasteiger partial charge in [0.05, 0.1) is 5.56 Å². The SMILES string of the molecule is O=C(O)[C@H]1CCCN1C(=O)c1cccnc1Cl. The van der Waals surface area contributed by atoms with Crippen LogP contribution in [0.15, 0.2) is 18.3 Å². The summed E-state index contributed by atoms with van der Waals surface area (Å²) < 4.78 is 0. The molecule has 6 heteroatoms. The zero-order valence-corrected chi connectivity index (χ0v) is 9.72. The fraction of sp³-hybridized carbons (Fsp3) is 0.364. The van der Waals surface area contributed by atoms with Gasteiger partial charge >= 0.3 is 5.97 Å². The Morgan fingerprint density at radius 2 is 2.29 bits per heavy atom. The van der Waals surface area contributed by atoms with Crippen LogP contribution in [0, 0.1) is 0 Å². The van der Waals surface area contributed by atoms with Gasteiger partial charge in [0.2, 0.25) is 0 Å². The molecule has 1 aromatic rings. The number of carbonyl (C=O) groups is 2. The van der Waals surface area contributed by atoms with E-state index >= 15 is 0 Å². The van der Waals surface area contributed by atoms with E-state index in [1.54, 1.807) is 12.1 Å². The molecule has 2 heterocycles. The summed E-state index contributed by atoms with van der Waals surface area (Å²) in [6, 6.07) is 2.40. The van der Waals surface area contributed by atoms with Crippen molar-refractivity contribution >= 4 is 23.5 Å². The minimum absolute atomic E-state index is 0.105. The first-order valence-corrected chi connectivity index (χ1v) is 5.63. The van der Waals surface area contributed by atoms with Crippen LogP contribution in [0.2, 0.25) is 5.15 Å². The third-order valence-electron chi connectivity index (χ3n) is 2.79. The van der Waals surface area contributed by atoms with Crippen molar-refractivity contribution in [2.45, 2.75) is 18.9 Å². The van der Waals surface area contributed by atoms with Gasteiger partial charge in [-0.2, -0.15) is 0 Å². The van der Waals surface area contributed by atoms with Crippen LogP contribution in [0.3, 0.4) is 0 Å². The zero-order valence-electron chi connectivity index (χ0n) is 8.97. The first-order chi connectivity index (χ1) is 8.11. The zero-order chi connectivity index (χ0) is 12.4. The van der Waals surface area contributed by atoms with Crippen molar-refractivity contribution in [2.75, 3.05) is 6.54 Å². The highest BCUT2D eigenvalue weighted by Crippen LogP contribution is 2.22. The summed E-state index contributed by atoms with van der Waals surface area (Å²) in [6.45, 7) is 0.445. The Balaban J connectivity index is 2.26. The van der Waals surface area contributed by atoms with E-state index in [4.69, 9.17) is 16.7 Å². The predicted octanol–water partition coefficient (Wildman–Crippen LogP) is 1.42. The highest BCUT2D eigenvalue weighted by Gasteiger charge is 2.35. The first-order valence-electron chi connectivity index (χ1n) is 5.25. The monoisotopic (exact) mass is 254 g/mol. The molecule has 1 atom stereocenters. The molecule has 0 unspecified atom stereocenters. The second kappa shape index (κ2) is 4.71. The molecule has 0 saturated carbocycles. The number of hydrogen-bond acceptors (Lipinski definition) is 3. The molecule has 1 aromatic heterocycles. The lowest BCUT2D eigenvalue weighted by Gasteiger charge is -2.21. The summed E-state index contributed by atoms with van der Waals surface area (Å²) in [4.78, 5) is 28.3. The maximum absolute atomic E-state index is 12.1. The Kier molecular flexibility index (Phi) is 3.28. The molecular weight excluding hydrogens is 244 g/mol. The minimum Gasteiger partial charge on any atom is -0.480 e. The van der Waals surface area contributed by atoms with Gasteiger partial charge < -0.3 is 10.0 Å². The van der Waals surface area contributed by atoms with Crippen molar-refractivity contribution in [3.05, 3.63) is 29.0 Å². The Morgan fingerprint density at radius 1 is 1.53 bits per heavy atom. The number of aromatic nitrogens is 1. The van der Waals surface area contributed by atoms with Gasteiger partial charge in [-0.15, -0.1) is 0 Å². The largest absolute Gasteiger partial charge is 0.480 e. The lowest BCUT2D eigenvalue weighted by atomic mass is 10.2. The molecule has 5 nitrogen and oxygen atoms in total. The van der Waals surface area contributed by atoms with Crippen molar-refractivity contribution in [3.63, 3.8) is 0 Å². The highest BCUT2D eigenvalue weighted by molar-refractivity contribution is 6.32. The maximum Gasteiger partial charge on any atom is 0.326 e. The van der Waals surface area contributed by atoms with Crippen molar-refractivity contribution < 1.29 is 14.7 Å². The van der Waals surface area contributed by atoms with Crippen LogP contribution in [0.25, 0.3) is 0 Å². The Hall–Kier alpha value is -1.62. The number of aliphatic carboxylic acids is 1. The molecule has 0 aromatic carbocycles. The molecular formula is C11H11ClN2O3. The van der Waals surface area contributed by atoms with Gasteiger partial charge in [0, 0.05) is 12.7 Å². The van der Waals surface area contributed by atoms with Crippen molar-refractivity contribution in [3.8, 4) is 0 Å². The Labute approximate surface area is 103 Å². The van der Waals surface area contributed by atoms with Gasteiger partial charge in [-0.25, -0.2) is 9.78 Å². The molecule has 0 bridgehead atoms. The molecule has 1 aliphatic heterocycles. The van der Waals surface area contributed by atoms with Crippen LogP contribution in [0.5, 0.6) is 0 Å². The summed E-state index contributed by atoms with van der Waals surface area (Å²) in [7, 11) is 0. The molecule has 1 fully saturated rings. The number of hydrogen-bond donors (Lipinski definition) is 1. The molecule has 0 radical (unpaired) electrons. The molecule has 1 amide bonds. The van der Waals surface area contributed by atoms with Gasteiger partial charge in [0.15, 0.2) is 0 Å². The van der Waals surface area contributed by atoms with E-state index in [0.29, 0.717) is 19.4 Å². The first kappa shape index (κ1) is 11.9. The Bertz CT molecular complexity index is 464. The number of nitrogens with zero attached hydrogens (tertiary/aromatic N) is 2. The molecule has 1 saturated heterocycles. The van der Waals surface area contributed by atoms with E-state index in [-0.39, 0.29) is 16.6 Å². The van der Waals surface area contributed by atoms with Gasteiger partial charge in [-0.1, -0.05) is 11.6 Å². The van der Waals surface area contributed by atoms with Crippen LogP contribution < -0.4 is 0 Å².